The number of ketones is 1. The minimum absolute atomic E-state index is 0.0205. The monoisotopic (exact) mass is 645 g/mol. The fraction of sp³-hybridized carbons (Fsp3) is 0.750. The van der Waals surface area contributed by atoms with Gasteiger partial charge in [0.25, 0.3) is 0 Å². The van der Waals surface area contributed by atoms with E-state index in [1.807, 2.05) is 11.8 Å². The van der Waals surface area contributed by atoms with E-state index in [-0.39, 0.29) is 41.1 Å². The van der Waals surface area contributed by atoms with Crippen LogP contribution in [0.4, 0.5) is 4.79 Å². The molecule has 7 heteroatoms. The van der Waals surface area contributed by atoms with Gasteiger partial charge in [0.1, 0.15) is 0 Å². The van der Waals surface area contributed by atoms with Crippen LogP contribution < -0.4 is 0 Å². The Hall–Kier alpha value is -2.38. The van der Waals surface area contributed by atoms with Gasteiger partial charge in [0.15, 0.2) is 5.76 Å². The molecule has 1 aromatic heterocycles. The largest absolute Gasteiger partial charge is 0.461 e. The lowest BCUT2D eigenvalue weighted by Gasteiger charge is -2.71. The van der Waals surface area contributed by atoms with E-state index >= 15 is 0 Å². The molecule has 1 amide bonds. The Bertz CT molecular complexity index is 1510. The van der Waals surface area contributed by atoms with Crippen molar-refractivity contribution in [1.29, 1.82) is 0 Å². The SMILES string of the molecule is CCOC(=O)N(CC1CCC2CC1C2(C)C)CC1(O)CCC2C34C=CC5(C=C3C(=O)c3ccco3)CC(O)CCC5(C)C4CCC21C. The number of ether oxygens (including phenoxy) is 1. The van der Waals surface area contributed by atoms with Crippen LogP contribution >= 0.6 is 0 Å². The first-order valence-electron chi connectivity index (χ1n) is 18.6. The highest BCUT2D eigenvalue weighted by Gasteiger charge is 2.74. The molecule has 2 N–H and O–H groups in total. The predicted octanol–water partition coefficient (Wildman–Crippen LogP) is 7.58. The van der Waals surface area contributed by atoms with Crippen molar-refractivity contribution in [2.24, 2.45) is 56.7 Å². The maximum absolute atomic E-state index is 14.5. The summed E-state index contributed by atoms with van der Waals surface area (Å²) in [5.74, 6) is 2.30. The van der Waals surface area contributed by atoms with Gasteiger partial charge in [-0.15, -0.1) is 0 Å². The summed E-state index contributed by atoms with van der Waals surface area (Å²) in [5.41, 5.74) is -1.57. The lowest BCUT2D eigenvalue weighted by molar-refractivity contribution is -0.177. The fourth-order valence-corrected chi connectivity index (χ4v) is 13.3. The van der Waals surface area contributed by atoms with Crippen molar-refractivity contribution in [1.82, 2.24) is 4.90 Å². The predicted molar refractivity (Wildman–Crippen MR) is 178 cm³/mol. The summed E-state index contributed by atoms with van der Waals surface area (Å²) in [7, 11) is 0. The number of Topliss-reactive ketones (excluding diaryl/α,β-unsaturated/α-hetero) is 1. The molecule has 6 saturated carbocycles. The molecule has 47 heavy (non-hydrogen) atoms. The van der Waals surface area contributed by atoms with Crippen molar-refractivity contribution >= 4 is 11.9 Å². The summed E-state index contributed by atoms with van der Waals surface area (Å²) >= 11 is 0. The summed E-state index contributed by atoms with van der Waals surface area (Å²) in [5, 5.41) is 23.9. The summed E-state index contributed by atoms with van der Waals surface area (Å²) < 4.78 is 11.4. The van der Waals surface area contributed by atoms with E-state index in [0.717, 1.165) is 50.0 Å². The molecule has 4 bridgehead atoms. The maximum Gasteiger partial charge on any atom is 0.409 e. The minimum atomic E-state index is -1.11. The number of carbonyl (C=O) groups excluding carboxylic acids is 2. The first-order chi connectivity index (χ1) is 22.2. The van der Waals surface area contributed by atoms with Gasteiger partial charge in [-0.1, -0.05) is 45.9 Å². The van der Waals surface area contributed by atoms with Gasteiger partial charge < -0.3 is 24.3 Å². The first kappa shape index (κ1) is 31.9. The molecular weight excluding hydrogens is 590 g/mol. The number of aliphatic hydroxyl groups is 2. The number of furan rings is 1. The first-order valence-corrected chi connectivity index (χ1v) is 18.6. The second kappa shape index (κ2) is 10.3. The van der Waals surface area contributed by atoms with Gasteiger partial charge in [0.2, 0.25) is 5.78 Å². The van der Waals surface area contributed by atoms with Gasteiger partial charge in [-0.2, -0.15) is 0 Å². The molecule has 10 rings (SSSR count). The standard InChI is InChI=1S/C40H55NO6/c1-6-46-34(44)41(23-25-9-10-26-20-28(25)35(26,2)3)24-39(45)16-13-32-37(39,5)15-12-31-36(4)14-11-27(42)21-38(36)17-18-40(31,32)29(22-38)33(43)30-8-7-19-47-30/h7-8,17-19,22,25-28,31-32,42,45H,6,9-16,20-21,23-24H2,1-5H3. The average molecular weight is 646 g/mol. The molecule has 6 fully saturated rings. The van der Waals surface area contributed by atoms with Crippen molar-refractivity contribution in [2.75, 3.05) is 19.7 Å². The van der Waals surface area contributed by atoms with E-state index in [2.05, 4.69) is 45.9 Å². The number of amides is 1. The smallest absolute Gasteiger partial charge is 0.409 e. The van der Waals surface area contributed by atoms with Crippen LogP contribution in [-0.2, 0) is 4.74 Å². The topological polar surface area (TPSA) is 100 Å². The fourth-order valence-electron chi connectivity index (χ4n) is 13.3. The van der Waals surface area contributed by atoms with Crippen LogP contribution in [0.5, 0.6) is 0 Å². The molecule has 9 aliphatic carbocycles. The Labute approximate surface area is 280 Å². The average Bonchev–Trinajstić information content (AvgIpc) is 3.67. The van der Waals surface area contributed by atoms with E-state index in [0.29, 0.717) is 49.0 Å². The van der Waals surface area contributed by atoms with Gasteiger partial charge in [0, 0.05) is 28.4 Å². The van der Waals surface area contributed by atoms with Gasteiger partial charge in [-0.3, -0.25) is 4.79 Å². The molecule has 1 heterocycles. The number of aliphatic hydroxyl groups excluding tert-OH is 1. The Kier molecular flexibility index (Phi) is 7.00. The van der Waals surface area contributed by atoms with Crippen molar-refractivity contribution < 1.29 is 29.0 Å². The molecule has 0 aliphatic heterocycles. The Morgan fingerprint density at radius 2 is 1.74 bits per heavy atom. The van der Waals surface area contributed by atoms with Crippen LogP contribution in [-0.4, -0.2) is 58.4 Å². The number of allylic oxidation sites excluding steroid dienone is 4. The quantitative estimate of drug-likeness (QED) is 0.234. The maximum atomic E-state index is 14.5. The van der Waals surface area contributed by atoms with Gasteiger partial charge in [0.05, 0.1) is 31.1 Å². The van der Waals surface area contributed by atoms with Gasteiger partial charge in [-0.05, 0) is 124 Å². The third-order valence-corrected chi connectivity index (χ3v) is 16.1. The third-order valence-electron chi connectivity index (χ3n) is 16.1. The van der Waals surface area contributed by atoms with E-state index in [9.17, 15) is 19.8 Å². The minimum Gasteiger partial charge on any atom is -0.461 e. The van der Waals surface area contributed by atoms with Crippen LogP contribution in [0.1, 0.15) is 109 Å². The van der Waals surface area contributed by atoms with Crippen molar-refractivity contribution in [2.45, 2.75) is 111 Å². The normalized spacial score (nSPS) is 46.8. The number of rotatable bonds is 7. The zero-order valence-corrected chi connectivity index (χ0v) is 29.1. The second-order valence-electron chi connectivity index (χ2n) is 17.9. The summed E-state index contributed by atoms with van der Waals surface area (Å²) in [4.78, 5) is 30.0. The molecule has 256 valence electrons. The van der Waals surface area contributed by atoms with Crippen LogP contribution in [0.15, 0.2) is 46.6 Å². The Balaban J connectivity index is 1.17. The van der Waals surface area contributed by atoms with Gasteiger partial charge >= 0.3 is 6.09 Å². The molecule has 1 aromatic rings. The molecule has 11 unspecified atom stereocenters. The molecule has 2 spiro atoms. The van der Waals surface area contributed by atoms with E-state index in [1.165, 1.54) is 12.8 Å². The summed E-state index contributed by atoms with van der Waals surface area (Å²) in [6.45, 7) is 12.5. The van der Waals surface area contributed by atoms with Crippen LogP contribution in [0, 0.1) is 56.7 Å². The number of carbonyl (C=O) groups is 2. The third kappa shape index (κ3) is 4.05. The zero-order valence-electron chi connectivity index (χ0n) is 29.1. The van der Waals surface area contributed by atoms with Crippen molar-refractivity contribution in [3.8, 4) is 0 Å². The highest BCUT2D eigenvalue weighted by molar-refractivity contribution is 6.08. The number of fused-ring (bicyclic) bond motifs is 3. The van der Waals surface area contributed by atoms with Crippen molar-refractivity contribution in [3.63, 3.8) is 0 Å². The molecule has 9 aliphatic rings. The summed E-state index contributed by atoms with van der Waals surface area (Å²) in [6.07, 6.45) is 16.7. The van der Waals surface area contributed by atoms with E-state index in [1.54, 1.807) is 18.4 Å². The Morgan fingerprint density at radius 1 is 1.00 bits per heavy atom. The second-order valence-corrected chi connectivity index (χ2v) is 17.9. The van der Waals surface area contributed by atoms with Crippen LogP contribution in [0.25, 0.3) is 0 Å². The highest BCUT2D eigenvalue weighted by Crippen LogP contribution is 2.78. The van der Waals surface area contributed by atoms with Crippen LogP contribution in [0.3, 0.4) is 0 Å². The molecule has 11 atom stereocenters. The number of hydrogen-bond donors (Lipinski definition) is 2. The zero-order chi connectivity index (χ0) is 33.2. The van der Waals surface area contributed by atoms with E-state index < -0.39 is 22.5 Å². The van der Waals surface area contributed by atoms with E-state index in [4.69, 9.17) is 9.15 Å². The number of nitrogens with zero attached hydrogens (tertiary/aromatic N) is 1. The highest BCUT2D eigenvalue weighted by atomic mass is 16.6. The lowest BCUT2D eigenvalue weighted by atomic mass is 9.32. The molecule has 7 nitrogen and oxygen atoms in total. The molecule has 0 radical (unpaired) electrons. The van der Waals surface area contributed by atoms with Crippen molar-refractivity contribution in [3.05, 3.63) is 48.0 Å². The summed E-state index contributed by atoms with van der Waals surface area (Å²) in [6, 6.07) is 3.53. The van der Waals surface area contributed by atoms with Crippen LogP contribution in [0.2, 0.25) is 0 Å². The number of hydrogen-bond acceptors (Lipinski definition) is 6. The van der Waals surface area contributed by atoms with Gasteiger partial charge in [-0.25, -0.2) is 4.79 Å². The molecule has 0 saturated heterocycles. The molecular formula is C40H55NO6. The Morgan fingerprint density at radius 3 is 2.45 bits per heavy atom. The molecule has 0 aromatic carbocycles. The lowest BCUT2D eigenvalue weighted by Crippen LogP contribution is -2.67.